The number of benzene rings is 1. The molecule has 0 aromatic heterocycles. The Labute approximate surface area is 88.7 Å². The van der Waals surface area contributed by atoms with Crippen molar-refractivity contribution in [2.24, 2.45) is 0 Å². The molecule has 0 amide bonds. The first kappa shape index (κ1) is 13.0. The van der Waals surface area contributed by atoms with Crippen LogP contribution < -0.4 is 0 Å². The Kier molecular flexibility index (Phi) is 5.94. The molecule has 0 atom stereocenters. The van der Waals surface area contributed by atoms with Crippen LogP contribution in [0.25, 0.3) is 5.57 Å². The van der Waals surface area contributed by atoms with E-state index in [1.807, 2.05) is 6.92 Å². The molecule has 0 aliphatic carbocycles. The van der Waals surface area contributed by atoms with E-state index < -0.39 is 0 Å². The number of hydrogen-bond acceptors (Lipinski definition) is 0. The van der Waals surface area contributed by atoms with Crippen molar-refractivity contribution in [3.05, 3.63) is 41.5 Å². The monoisotopic (exact) mass is 190 g/mol. The van der Waals surface area contributed by atoms with Crippen molar-refractivity contribution >= 4 is 5.57 Å². The second kappa shape index (κ2) is 6.42. The maximum Gasteiger partial charge on any atom is -0.0201 e. The molecule has 0 heteroatoms. The molecule has 0 saturated carbocycles. The van der Waals surface area contributed by atoms with Gasteiger partial charge in [-0.3, -0.25) is 0 Å². The summed E-state index contributed by atoms with van der Waals surface area (Å²) in [5.41, 5.74) is 5.04. The predicted molar refractivity (Wildman–Crippen MR) is 66.6 cm³/mol. The van der Waals surface area contributed by atoms with Gasteiger partial charge in [-0.25, -0.2) is 0 Å². The molecule has 0 fully saturated rings. The van der Waals surface area contributed by atoms with Crippen molar-refractivity contribution in [3.8, 4) is 0 Å². The molecule has 0 N–H and O–H groups in total. The van der Waals surface area contributed by atoms with Crippen LogP contribution in [0.3, 0.4) is 0 Å². The minimum Gasteiger partial charge on any atom is -0.0955 e. The van der Waals surface area contributed by atoms with Gasteiger partial charge in [0.2, 0.25) is 0 Å². The van der Waals surface area contributed by atoms with Crippen molar-refractivity contribution in [2.75, 3.05) is 0 Å². The normalized spacial score (nSPS) is 8.93. The number of hydrogen-bond donors (Lipinski definition) is 0. The molecule has 1 aromatic rings. The largest absolute Gasteiger partial charge is 0.0955 e. The van der Waals surface area contributed by atoms with E-state index in [9.17, 15) is 0 Å². The Hall–Kier alpha value is -1.04. The Balaban J connectivity index is 0.000000500. The highest BCUT2D eigenvalue weighted by Gasteiger charge is 1.97. The van der Waals surface area contributed by atoms with E-state index in [0.717, 1.165) is 5.57 Å². The van der Waals surface area contributed by atoms with Crippen LogP contribution in [0.2, 0.25) is 0 Å². The molecule has 0 bridgehead atoms. The van der Waals surface area contributed by atoms with Crippen LogP contribution in [-0.4, -0.2) is 0 Å². The summed E-state index contributed by atoms with van der Waals surface area (Å²) in [6.07, 6.45) is 1.25. The molecule has 0 nitrogen and oxygen atoms in total. The summed E-state index contributed by atoms with van der Waals surface area (Å²) in [4.78, 5) is 0. The highest BCUT2D eigenvalue weighted by atomic mass is 14.0. The van der Waals surface area contributed by atoms with E-state index in [2.05, 4.69) is 52.5 Å². The van der Waals surface area contributed by atoms with Crippen LogP contribution in [0.4, 0.5) is 0 Å². The Morgan fingerprint density at radius 2 is 1.71 bits per heavy atom. The summed E-state index contributed by atoms with van der Waals surface area (Å²) < 4.78 is 0. The molecule has 0 aliphatic rings. The van der Waals surface area contributed by atoms with Crippen molar-refractivity contribution in [1.82, 2.24) is 0 Å². The number of rotatable bonds is 1. The van der Waals surface area contributed by atoms with Gasteiger partial charge in [0.25, 0.3) is 0 Å². The fourth-order valence-corrected chi connectivity index (χ4v) is 1.20. The summed E-state index contributed by atoms with van der Waals surface area (Å²) in [5.74, 6) is 0. The summed E-state index contributed by atoms with van der Waals surface area (Å²) in [6.45, 7) is 14.4. The SMILES string of the molecule is C=C(C)c1cc(C)ccc1C.CCC. The fourth-order valence-electron chi connectivity index (χ4n) is 1.20. The van der Waals surface area contributed by atoms with Gasteiger partial charge in [-0.2, -0.15) is 0 Å². The van der Waals surface area contributed by atoms with Crippen LogP contribution in [0, 0.1) is 13.8 Å². The zero-order chi connectivity index (χ0) is 11.1. The van der Waals surface area contributed by atoms with Crippen molar-refractivity contribution in [3.63, 3.8) is 0 Å². The second-order valence-corrected chi connectivity index (χ2v) is 3.81. The first-order valence-corrected chi connectivity index (χ1v) is 5.26. The summed E-state index contributed by atoms with van der Waals surface area (Å²) >= 11 is 0. The number of allylic oxidation sites excluding steroid dienone is 1. The Morgan fingerprint density at radius 1 is 1.21 bits per heavy atom. The topological polar surface area (TPSA) is 0 Å². The zero-order valence-corrected chi connectivity index (χ0v) is 10.1. The predicted octanol–water partition coefficient (Wildman–Crippen LogP) is 4.75. The first-order chi connectivity index (χ1) is 6.52. The number of aryl methyl sites for hydroxylation is 2. The van der Waals surface area contributed by atoms with Crippen LogP contribution in [0.1, 0.15) is 43.9 Å². The van der Waals surface area contributed by atoms with E-state index in [1.165, 1.54) is 23.1 Å². The van der Waals surface area contributed by atoms with Gasteiger partial charge in [0.1, 0.15) is 0 Å². The molecule has 0 spiro atoms. The summed E-state index contributed by atoms with van der Waals surface area (Å²) in [5, 5.41) is 0. The van der Waals surface area contributed by atoms with E-state index in [4.69, 9.17) is 0 Å². The third kappa shape index (κ3) is 4.27. The lowest BCUT2D eigenvalue weighted by Crippen LogP contribution is -1.85. The summed E-state index contributed by atoms with van der Waals surface area (Å²) in [6, 6.07) is 6.44. The molecule has 14 heavy (non-hydrogen) atoms. The first-order valence-electron chi connectivity index (χ1n) is 5.26. The quantitative estimate of drug-likeness (QED) is 0.599. The van der Waals surface area contributed by atoms with E-state index in [0.29, 0.717) is 0 Å². The smallest absolute Gasteiger partial charge is 0.0201 e. The fraction of sp³-hybridized carbons (Fsp3) is 0.429. The molecule has 78 valence electrons. The molecule has 0 radical (unpaired) electrons. The third-order valence-electron chi connectivity index (χ3n) is 1.85. The van der Waals surface area contributed by atoms with Crippen LogP contribution in [-0.2, 0) is 0 Å². The average Bonchev–Trinajstić information content (AvgIpc) is 2.10. The maximum absolute atomic E-state index is 3.93. The lowest BCUT2D eigenvalue weighted by atomic mass is 10.0. The minimum atomic E-state index is 1.14. The molecule has 0 unspecified atom stereocenters. The molecule has 0 aliphatic heterocycles. The molecule has 1 rings (SSSR count). The second-order valence-electron chi connectivity index (χ2n) is 3.81. The average molecular weight is 190 g/mol. The highest BCUT2D eigenvalue weighted by molar-refractivity contribution is 5.64. The van der Waals surface area contributed by atoms with Gasteiger partial charge in [0.15, 0.2) is 0 Å². The van der Waals surface area contributed by atoms with Gasteiger partial charge < -0.3 is 0 Å². The molecule has 0 heterocycles. The van der Waals surface area contributed by atoms with Crippen molar-refractivity contribution in [1.29, 1.82) is 0 Å². The standard InChI is InChI=1S/C11H14.C3H8/c1-8(2)11-7-9(3)5-6-10(11)4;1-3-2/h5-7H,1H2,2-4H3;3H2,1-2H3. The van der Waals surface area contributed by atoms with Crippen LogP contribution in [0.15, 0.2) is 24.8 Å². The van der Waals surface area contributed by atoms with E-state index in [-0.39, 0.29) is 0 Å². The molecular weight excluding hydrogens is 168 g/mol. The van der Waals surface area contributed by atoms with Gasteiger partial charge in [0.05, 0.1) is 0 Å². The van der Waals surface area contributed by atoms with Gasteiger partial charge in [0, 0.05) is 0 Å². The van der Waals surface area contributed by atoms with E-state index in [1.54, 1.807) is 0 Å². The maximum atomic E-state index is 3.93. The lowest BCUT2D eigenvalue weighted by Gasteiger charge is -2.05. The van der Waals surface area contributed by atoms with Gasteiger partial charge in [-0.05, 0) is 31.9 Å². The van der Waals surface area contributed by atoms with Gasteiger partial charge >= 0.3 is 0 Å². The molecule has 0 saturated heterocycles. The van der Waals surface area contributed by atoms with Crippen LogP contribution in [0.5, 0.6) is 0 Å². The third-order valence-corrected chi connectivity index (χ3v) is 1.85. The van der Waals surface area contributed by atoms with E-state index >= 15 is 0 Å². The van der Waals surface area contributed by atoms with Crippen LogP contribution >= 0.6 is 0 Å². The minimum absolute atomic E-state index is 1.14. The van der Waals surface area contributed by atoms with Gasteiger partial charge in [-0.15, -0.1) is 0 Å². The summed E-state index contributed by atoms with van der Waals surface area (Å²) in [7, 11) is 0. The van der Waals surface area contributed by atoms with Crippen molar-refractivity contribution in [2.45, 2.75) is 41.0 Å². The molecule has 1 aromatic carbocycles. The van der Waals surface area contributed by atoms with Crippen molar-refractivity contribution < 1.29 is 0 Å². The Morgan fingerprint density at radius 3 is 2.07 bits per heavy atom. The molecular formula is C14H22. The Bertz CT molecular complexity index is 295. The van der Waals surface area contributed by atoms with Gasteiger partial charge in [-0.1, -0.05) is 56.2 Å². The lowest BCUT2D eigenvalue weighted by molar-refractivity contribution is 1.09. The highest BCUT2D eigenvalue weighted by Crippen LogP contribution is 2.17. The zero-order valence-electron chi connectivity index (χ0n) is 10.1.